The molecule has 0 bridgehead atoms. The monoisotopic (exact) mass is 264 g/mol. The maximum absolute atomic E-state index is 11.0. The molecule has 0 unspecified atom stereocenters. The van der Waals surface area contributed by atoms with E-state index in [0.717, 1.165) is 6.39 Å². The Labute approximate surface area is 106 Å². The Morgan fingerprint density at radius 2 is 2.32 bits per heavy atom. The molecule has 9 nitrogen and oxygen atoms in total. The molecule has 2 rings (SSSR count). The fraction of sp³-hybridized carbons (Fsp3) is 0.100. The molecule has 0 aliphatic rings. The third-order valence-corrected chi connectivity index (χ3v) is 2.29. The lowest BCUT2D eigenvalue weighted by atomic mass is 10.1. The first-order valence-corrected chi connectivity index (χ1v) is 5.09. The van der Waals surface area contributed by atoms with Crippen molar-refractivity contribution in [3.63, 3.8) is 0 Å². The van der Waals surface area contributed by atoms with Gasteiger partial charge in [0.1, 0.15) is 11.3 Å². The number of carboxylic acids is 1. The van der Waals surface area contributed by atoms with Crippen molar-refractivity contribution in [2.45, 2.75) is 6.54 Å². The number of carboxylic acid groups (broad SMARTS) is 1. The molecule has 0 spiro atoms. The molecule has 98 valence electrons. The number of nitrogens with one attached hydrogen (secondary N) is 1. The van der Waals surface area contributed by atoms with Crippen molar-refractivity contribution < 1.29 is 19.3 Å². The minimum atomic E-state index is -1.37. The van der Waals surface area contributed by atoms with Gasteiger partial charge in [-0.2, -0.15) is 4.98 Å². The summed E-state index contributed by atoms with van der Waals surface area (Å²) in [4.78, 5) is 24.9. The second kappa shape index (κ2) is 5.12. The van der Waals surface area contributed by atoms with Gasteiger partial charge in [0.2, 0.25) is 6.39 Å². The van der Waals surface area contributed by atoms with E-state index in [1.165, 1.54) is 18.2 Å². The largest absolute Gasteiger partial charge is 0.477 e. The molecule has 1 aromatic carbocycles. The van der Waals surface area contributed by atoms with Gasteiger partial charge in [0, 0.05) is 0 Å². The number of benzene rings is 1. The number of nitrogens with zero attached hydrogens (tertiary/aromatic N) is 3. The minimum absolute atomic E-state index is 0.0784. The van der Waals surface area contributed by atoms with Crippen LogP contribution in [-0.2, 0) is 6.54 Å². The Kier molecular flexibility index (Phi) is 3.37. The number of aromatic nitrogens is 2. The summed E-state index contributed by atoms with van der Waals surface area (Å²) in [6.45, 7) is 0.0837. The Hall–Kier alpha value is -2.97. The maximum atomic E-state index is 11.0. The number of aromatic carboxylic acids is 1. The van der Waals surface area contributed by atoms with E-state index < -0.39 is 16.6 Å². The molecule has 9 heteroatoms. The molecule has 1 heterocycles. The lowest BCUT2D eigenvalue weighted by molar-refractivity contribution is -0.384. The van der Waals surface area contributed by atoms with Crippen LogP contribution in [0.4, 0.5) is 11.4 Å². The van der Waals surface area contributed by atoms with Gasteiger partial charge in [-0.15, -0.1) is 0 Å². The predicted molar refractivity (Wildman–Crippen MR) is 61.7 cm³/mol. The zero-order valence-corrected chi connectivity index (χ0v) is 9.44. The van der Waals surface area contributed by atoms with Crippen molar-refractivity contribution in [2.24, 2.45) is 0 Å². The number of carbonyl (C=O) groups is 1. The average molecular weight is 264 g/mol. The molecule has 1 aromatic heterocycles. The summed E-state index contributed by atoms with van der Waals surface area (Å²) in [5, 5.41) is 26.1. The van der Waals surface area contributed by atoms with Crippen LogP contribution in [0.5, 0.6) is 0 Å². The zero-order chi connectivity index (χ0) is 13.8. The zero-order valence-electron chi connectivity index (χ0n) is 9.44. The average Bonchev–Trinajstić information content (AvgIpc) is 2.88. The number of hydrogen-bond acceptors (Lipinski definition) is 7. The third-order valence-electron chi connectivity index (χ3n) is 2.29. The van der Waals surface area contributed by atoms with Crippen LogP contribution in [0.2, 0.25) is 0 Å². The SMILES string of the molecule is O=C(O)c1cccc(NCc2ncon2)c1[N+](=O)[O-]. The van der Waals surface area contributed by atoms with Crippen molar-refractivity contribution in [3.05, 3.63) is 46.1 Å². The predicted octanol–water partition coefficient (Wildman–Crippen LogP) is 1.29. The molecule has 0 aliphatic heterocycles. The van der Waals surface area contributed by atoms with Crippen LogP contribution in [-0.4, -0.2) is 26.1 Å². The number of hydrogen-bond donors (Lipinski definition) is 2. The Morgan fingerprint density at radius 1 is 1.53 bits per heavy atom. The van der Waals surface area contributed by atoms with Gasteiger partial charge in [-0.25, -0.2) is 4.79 Å². The van der Waals surface area contributed by atoms with E-state index in [9.17, 15) is 14.9 Å². The molecule has 2 aromatic rings. The van der Waals surface area contributed by atoms with Crippen LogP contribution in [0.25, 0.3) is 0 Å². The van der Waals surface area contributed by atoms with Gasteiger partial charge in [-0.05, 0) is 12.1 Å². The topological polar surface area (TPSA) is 131 Å². The number of rotatable bonds is 5. The summed E-state index contributed by atoms with van der Waals surface area (Å²) in [6.07, 6.45) is 1.12. The Balaban J connectivity index is 2.31. The Morgan fingerprint density at radius 3 is 2.89 bits per heavy atom. The fourth-order valence-electron chi connectivity index (χ4n) is 1.50. The minimum Gasteiger partial charge on any atom is -0.477 e. The van der Waals surface area contributed by atoms with Gasteiger partial charge in [-0.1, -0.05) is 11.2 Å². The van der Waals surface area contributed by atoms with Gasteiger partial charge >= 0.3 is 11.7 Å². The molecule has 0 atom stereocenters. The van der Waals surface area contributed by atoms with Crippen molar-refractivity contribution in [3.8, 4) is 0 Å². The lowest BCUT2D eigenvalue weighted by Gasteiger charge is -2.06. The summed E-state index contributed by atoms with van der Waals surface area (Å²) in [7, 11) is 0. The normalized spacial score (nSPS) is 10.1. The highest BCUT2D eigenvalue weighted by atomic mass is 16.6. The summed E-state index contributed by atoms with van der Waals surface area (Å²) >= 11 is 0. The summed E-state index contributed by atoms with van der Waals surface area (Å²) in [5.41, 5.74) is -0.809. The first kappa shape index (κ1) is 12.5. The highest BCUT2D eigenvalue weighted by Gasteiger charge is 2.24. The smallest absolute Gasteiger partial charge is 0.342 e. The van der Waals surface area contributed by atoms with Crippen molar-refractivity contribution >= 4 is 17.3 Å². The Bertz CT molecular complexity index is 610. The molecule has 0 saturated heterocycles. The van der Waals surface area contributed by atoms with Gasteiger partial charge in [-0.3, -0.25) is 10.1 Å². The van der Waals surface area contributed by atoms with E-state index in [-0.39, 0.29) is 17.8 Å². The quantitative estimate of drug-likeness (QED) is 0.609. The van der Waals surface area contributed by atoms with E-state index in [4.69, 9.17) is 5.11 Å². The second-order valence-electron chi connectivity index (χ2n) is 3.46. The number of nitro benzene ring substituents is 1. The van der Waals surface area contributed by atoms with Gasteiger partial charge < -0.3 is 14.9 Å². The van der Waals surface area contributed by atoms with Gasteiger partial charge in [0.15, 0.2) is 5.82 Å². The van der Waals surface area contributed by atoms with Crippen molar-refractivity contribution in [1.29, 1.82) is 0 Å². The lowest BCUT2D eigenvalue weighted by Crippen LogP contribution is -2.08. The van der Waals surface area contributed by atoms with E-state index >= 15 is 0 Å². The number of para-hydroxylation sites is 1. The standard InChI is InChI=1S/C10H8N4O5/c15-10(16)6-2-1-3-7(9(6)14(17)18)11-4-8-12-5-19-13-8/h1-3,5,11H,4H2,(H,15,16). The number of anilines is 1. The van der Waals surface area contributed by atoms with Crippen molar-refractivity contribution in [1.82, 2.24) is 10.1 Å². The van der Waals surface area contributed by atoms with E-state index in [2.05, 4.69) is 20.0 Å². The fourth-order valence-corrected chi connectivity index (χ4v) is 1.50. The van der Waals surface area contributed by atoms with Crippen molar-refractivity contribution in [2.75, 3.05) is 5.32 Å². The van der Waals surface area contributed by atoms with E-state index in [1.807, 2.05) is 0 Å². The maximum Gasteiger partial charge on any atom is 0.342 e. The molecule has 19 heavy (non-hydrogen) atoms. The van der Waals surface area contributed by atoms with Crippen LogP contribution in [0, 0.1) is 10.1 Å². The first-order valence-electron chi connectivity index (χ1n) is 5.09. The summed E-state index contributed by atoms with van der Waals surface area (Å²) < 4.78 is 4.51. The molecule has 0 saturated carbocycles. The van der Waals surface area contributed by atoms with Gasteiger partial charge in [0.05, 0.1) is 11.5 Å². The van der Waals surface area contributed by atoms with Crippen LogP contribution >= 0.6 is 0 Å². The first-order chi connectivity index (χ1) is 9.09. The van der Waals surface area contributed by atoms with E-state index in [1.54, 1.807) is 0 Å². The summed E-state index contributed by atoms with van der Waals surface area (Å²) in [5.74, 6) is -1.06. The second-order valence-corrected chi connectivity index (χ2v) is 3.46. The van der Waals surface area contributed by atoms with Crippen LogP contribution in [0.1, 0.15) is 16.2 Å². The summed E-state index contributed by atoms with van der Waals surface area (Å²) in [6, 6.07) is 3.99. The highest BCUT2D eigenvalue weighted by molar-refractivity contribution is 5.95. The molecule has 0 radical (unpaired) electrons. The molecular weight excluding hydrogens is 256 g/mol. The molecule has 0 aliphatic carbocycles. The number of nitro groups is 1. The van der Waals surface area contributed by atoms with Gasteiger partial charge in [0.25, 0.3) is 0 Å². The van der Waals surface area contributed by atoms with Crippen LogP contribution in [0.3, 0.4) is 0 Å². The molecule has 2 N–H and O–H groups in total. The molecule has 0 fully saturated rings. The highest BCUT2D eigenvalue weighted by Crippen LogP contribution is 2.28. The third kappa shape index (κ3) is 2.65. The van der Waals surface area contributed by atoms with Crippen LogP contribution < -0.4 is 5.32 Å². The van der Waals surface area contributed by atoms with Crippen LogP contribution in [0.15, 0.2) is 29.1 Å². The van der Waals surface area contributed by atoms with E-state index in [0.29, 0.717) is 5.82 Å². The molecular formula is C10H8N4O5. The molecule has 0 amide bonds.